The summed E-state index contributed by atoms with van der Waals surface area (Å²) in [5.74, 6) is 0.856. The van der Waals surface area contributed by atoms with E-state index in [-0.39, 0.29) is 0 Å². The third-order valence-electron chi connectivity index (χ3n) is 4.05. The lowest BCUT2D eigenvalue weighted by atomic mass is 9.98. The van der Waals surface area contributed by atoms with Crippen molar-refractivity contribution in [3.63, 3.8) is 0 Å². The lowest BCUT2D eigenvalue weighted by molar-refractivity contribution is -0.133. The van der Waals surface area contributed by atoms with Crippen molar-refractivity contribution in [2.45, 2.75) is 32.1 Å². The van der Waals surface area contributed by atoms with Crippen molar-refractivity contribution in [1.82, 2.24) is 9.80 Å². The number of nitrogens with two attached hydrogens (primary N) is 1. The summed E-state index contributed by atoms with van der Waals surface area (Å²) in [6.45, 7) is 5.85. The molecule has 2 rings (SSSR count). The maximum Gasteiger partial charge on any atom is 0.223 e. The van der Waals surface area contributed by atoms with Crippen LogP contribution in [0.3, 0.4) is 0 Å². The molecule has 17 heavy (non-hydrogen) atoms. The number of nitrogens with zero attached hydrogens (tertiary/aromatic N) is 2. The van der Waals surface area contributed by atoms with Crippen LogP contribution in [0.4, 0.5) is 0 Å². The van der Waals surface area contributed by atoms with E-state index in [2.05, 4.69) is 4.90 Å². The average Bonchev–Trinajstić information content (AvgIpc) is 2.89. The first-order valence-electron chi connectivity index (χ1n) is 7.00. The Kier molecular flexibility index (Phi) is 4.80. The molecule has 2 aliphatic rings. The zero-order chi connectivity index (χ0) is 12.1. The number of hydrogen-bond acceptors (Lipinski definition) is 3. The van der Waals surface area contributed by atoms with Crippen LogP contribution in [0.5, 0.6) is 0 Å². The maximum absolute atomic E-state index is 12.1. The number of amides is 1. The maximum atomic E-state index is 12.1. The van der Waals surface area contributed by atoms with Gasteiger partial charge in [0, 0.05) is 26.1 Å². The van der Waals surface area contributed by atoms with Crippen LogP contribution < -0.4 is 5.73 Å². The SMILES string of the molecule is NCC1CCCN(C(=O)CCN2CCCC2)C1. The molecule has 2 aliphatic heterocycles. The van der Waals surface area contributed by atoms with Crippen molar-refractivity contribution in [3.8, 4) is 0 Å². The molecule has 0 bridgehead atoms. The van der Waals surface area contributed by atoms with Crippen molar-refractivity contribution < 1.29 is 4.79 Å². The Morgan fingerprint density at radius 1 is 1.18 bits per heavy atom. The standard InChI is InChI=1S/C13H25N3O/c14-10-12-4-3-8-16(11-12)13(17)5-9-15-6-1-2-7-15/h12H,1-11,14H2. The van der Waals surface area contributed by atoms with Crippen LogP contribution in [-0.2, 0) is 4.79 Å². The van der Waals surface area contributed by atoms with Crippen LogP contribution in [0, 0.1) is 5.92 Å². The predicted molar refractivity (Wildman–Crippen MR) is 68.6 cm³/mol. The van der Waals surface area contributed by atoms with Crippen LogP contribution in [0.25, 0.3) is 0 Å². The molecule has 2 saturated heterocycles. The van der Waals surface area contributed by atoms with Gasteiger partial charge in [0.1, 0.15) is 0 Å². The molecule has 98 valence electrons. The quantitative estimate of drug-likeness (QED) is 0.784. The van der Waals surface area contributed by atoms with E-state index in [4.69, 9.17) is 5.73 Å². The van der Waals surface area contributed by atoms with Crippen LogP contribution in [0.2, 0.25) is 0 Å². The van der Waals surface area contributed by atoms with Gasteiger partial charge in [-0.2, -0.15) is 0 Å². The van der Waals surface area contributed by atoms with E-state index in [1.54, 1.807) is 0 Å². The van der Waals surface area contributed by atoms with Crippen LogP contribution in [-0.4, -0.2) is 55.0 Å². The highest BCUT2D eigenvalue weighted by Gasteiger charge is 2.23. The van der Waals surface area contributed by atoms with Gasteiger partial charge < -0.3 is 15.5 Å². The van der Waals surface area contributed by atoms with Gasteiger partial charge in [0.05, 0.1) is 0 Å². The highest BCUT2D eigenvalue weighted by atomic mass is 16.2. The molecule has 0 aromatic rings. The van der Waals surface area contributed by atoms with Gasteiger partial charge in [0.25, 0.3) is 0 Å². The van der Waals surface area contributed by atoms with Gasteiger partial charge >= 0.3 is 0 Å². The fourth-order valence-corrected chi connectivity index (χ4v) is 2.90. The molecule has 0 aromatic heterocycles. The summed E-state index contributed by atoms with van der Waals surface area (Å²) >= 11 is 0. The molecule has 0 saturated carbocycles. The summed E-state index contributed by atoms with van der Waals surface area (Å²) < 4.78 is 0. The predicted octanol–water partition coefficient (Wildman–Crippen LogP) is 0.670. The van der Waals surface area contributed by atoms with E-state index in [1.165, 1.54) is 32.4 Å². The minimum absolute atomic E-state index is 0.329. The normalized spacial score (nSPS) is 26.4. The molecule has 1 atom stereocenters. The molecule has 2 heterocycles. The Morgan fingerprint density at radius 3 is 2.65 bits per heavy atom. The molecule has 2 N–H and O–H groups in total. The third-order valence-corrected chi connectivity index (χ3v) is 4.05. The number of piperidine rings is 1. The molecule has 1 unspecified atom stereocenters. The van der Waals surface area contributed by atoms with E-state index in [9.17, 15) is 4.79 Å². The largest absolute Gasteiger partial charge is 0.342 e. The van der Waals surface area contributed by atoms with Crippen molar-refractivity contribution >= 4 is 5.91 Å². The first kappa shape index (κ1) is 12.8. The Morgan fingerprint density at radius 2 is 1.94 bits per heavy atom. The van der Waals surface area contributed by atoms with E-state index >= 15 is 0 Å². The fraction of sp³-hybridized carbons (Fsp3) is 0.923. The van der Waals surface area contributed by atoms with Gasteiger partial charge in [-0.1, -0.05) is 0 Å². The van der Waals surface area contributed by atoms with Crippen molar-refractivity contribution in [3.05, 3.63) is 0 Å². The van der Waals surface area contributed by atoms with E-state index in [1.807, 2.05) is 4.90 Å². The van der Waals surface area contributed by atoms with Crippen molar-refractivity contribution in [1.29, 1.82) is 0 Å². The molecule has 4 heteroatoms. The first-order valence-corrected chi connectivity index (χ1v) is 7.00. The molecule has 4 nitrogen and oxygen atoms in total. The fourth-order valence-electron chi connectivity index (χ4n) is 2.90. The molecular formula is C13H25N3O. The lowest BCUT2D eigenvalue weighted by Gasteiger charge is -2.32. The number of rotatable bonds is 4. The second-order valence-electron chi connectivity index (χ2n) is 5.38. The topological polar surface area (TPSA) is 49.6 Å². The summed E-state index contributed by atoms with van der Waals surface area (Å²) in [7, 11) is 0. The summed E-state index contributed by atoms with van der Waals surface area (Å²) in [5, 5.41) is 0. The van der Waals surface area contributed by atoms with E-state index in [0.717, 1.165) is 32.6 Å². The molecule has 1 amide bonds. The zero-order valence-corrected chi connectivity index (χ0v) is 10.7. The Labute approximate surface area is 104 Å². The summed E-state index contributed by atoms with van der Waals surface area (Å²) in [4.78, 5) is 16.5. The Hall–Kier alpha value is -0.610. The second kappa shape index (κ2) is 6.36. The van der Waals surface area contributed by atoms with Crippen molar-refractivity contribution in [2.24, 2.45) is 11.7 Å². The first-order chi connectivity index (χ1) is 8.29. The van der Waals surface area contributed by atoms with Gasteiger partial charge in [-0.3, -0.25) is 4.79 Å². The number of carbonyl (C=O) groups excluding carboxylic acids is 1. The smallest absolute Gasteiger partial charge is 0.223 e. The zero-order valence-electron chi connectivity index (χ0n) is 10.7. The van der Waals surface area contributed by atoms with E-state index < -0.39 is 0 Å². The van der Waals surface area contributed by atoms with E-state index in [0.29, 0.717) is 18.2 Å². The number of carbonyl (C=O) groups is 1. The number of hydrogen-bond donors (Lipinski definition) is 1. The molecule has 0 spiro atoms. The van der Waals surface area contributed by atoms with Gasteiger partial charge in [-0.15, -0.1) is 0 Å². The minimum Gasteiger partial charge on any atom is -0.342 e. The minimum atomic E-state index is 0.329. The highest BCUT2D eigenvalue weighted by Crippen LogP contribution is 2.16. The molecule has 2 fully saturated rings. The lowest BCUT2D eigenvalue weighted by Crippen LogP contribution is -2.43. The molecule has 0 aliphatic carbocycles. The summed E-state index contributed by atoms with van der Waals surface area (Å²) in [6, 6.07) is 0. The number of likely N-dealkylation sites (tertiary alicyclic amines) is 2. The van der Waals surface area contributed by atoms with Crippen LogP contribution in [0.15, 0.2) is 0 Å². The Balaban J connectivity index is 1.71. The van der Waals surface area contributed by atoms with Crippen LogP contribution in [0.1, 0.15) is 32.1 Å². The Bertz CT molecular complexity index is 251. The summed E-state index contributed by atoms with van der Waals surface area (Å²) in [6.07, 6.45) is 5.60. The van der Waals surface area contributed by atoms with Gasteiger partial charge in [-0.25, -0.2) is 0 Å². The average molecular weight is 239 g/mol. The van der Waals surface area contributed by atoms with Gasteiger partial charge in [0.15, 0.2) is 0 Å². The summed E-state index contributed by atoms with van der Waals surface area (Å²) in [5.41, 5.74) is 5.69. The molecular weight excluding hydrogens is 214 g/mol. The molecule has 0 aromatic carbocycles. The van der Waals surface area contributed by atoms with Crippen molar-refractivity contribution in [2.75, 3.05) is 39.3 Å². The monoisotopic (exact) mass is 239 g/mol. The third kappa shape index (κ3) is 3.68. The second-order valence-corrected chi connectivity index (χ2v) is 5.38. The van der Waals surface area contributed by atoms with Gasteiger partial charge in [-0.05, 0) is 51.2 Å². The highest BCUT2D eigenvalue weighted by molar-refractivity contribution is 5.76. The van der Waals surface area contributed by atoms with Gasteiger partial charge in [0.2, 0.25) is 5.91 Å². The molecule has 0 radical (unpaired) electrons. The van der Waals surface area contributed by atoms with Crippen LogP contribution >= 0.6 is 0 Å².